The van der Waals surface area contributed by atoms with Crippen molar-refractivity contribution in [3.63, 3.8) is 0 Å². The summed E-state index contributed by atoms with van der Waals surface area (Å²) in [5.41, 5.74) is 0.553. The monoisotopic (exact) mass is 399 g/mol. The number of ketones is 1. The Labute approximate surface area is 169 Å². The molecule has 0 saturated carbocycles. The lowest BCUT2D eigenvalue weighted by molar-refractivity contribution is -0.133. The maximum Gasteiger partial charge on any atom is 0.355 e. The molecule has 8 heteroatoms. The molecule has 0 spiro atoms. The van der Waals surface area contributed by atoms with Crippen LogP contribution in [-0.4, -0.2) is 53.0 Å². The number of esters is 1. The average molecular weight is 399 g/mol. The Morgan fingerprint density at radius 3 is 2.28 bits per heavy atom. The van der Waals surface area contributed by atoms with Crippen LogP contribution in [0.3, 0.4) is 0 Å². The maximum absolute atomic E-state index is 13.3. The fourth-order valence-electron chi connectivity index (χ4n) is 4.02. The zero-order valence-electron chi connectivity index (χ0n) is 17.3. The lowest BCUT2D eigenvalue weighted by Gasteiger charge is -2.36. The van der Waals surface area contributed by atoms with Gasteiger partial charge in [-0.1, -0.05) is 19.1 Å². The molecule has 1 saturated heterocycles. The van der Waals surface area contributed by atoms with Crippen LogP contribution >= 0.6 is 0 Å². The summed E-state index contributed by atoms with van der Waals surface area (Å²) in [6, 6.07) is 6.16. The first-order chi connectivity index (χ1) is 13.6. The molecule has 2 atom stereocenters. The number of hydrazone groups is 1. The Morgan fingerprint density at radius 1 is 1.14 bits per heavy atom. The highest BCUT2D eigenvalue weighted by Gasteiger charge is 2.60. The van der Waals surface area contributed by atoms with Gasteiger partial charge in [-0.15, -0.1) is 0 Å². The number of ether oxygens (including phenoxy) is 1. The predicted octanol–water partition coefficient (Wildman–Crippen LogP) is 1.71. The second-order valence-corrected chi connectivity index (χ2v) is 7.97. The zero-order valence-corrected chi connectivity index (χ0v) is 17.3. The normalized spacial score (nSPS) is 21.3. The van der Waals surface area contributed by atoms with Gasteiger partial charge in [0.2, 0.25) is 5.91 Å². The van der Waals surface area contributed by atoms with Crippen molar-refractivity contribution in [1.82, 2.24) is 5.01 Å². The van der Waals surface area contributed by atoms with Gasteiger partial charge >= 0.3 is 5.97 Å². The van der Waals surface area contributed by atoms with E-state index in [1.807, 2.05) is 19.1 Å². The number of rotatable bonds is 6. The third kappa shape index (κ3) is 3.43. The maximum atomic E-state index is 13.3. The molecule has 154 valence electrons. The summed E-state index contributed by atoms with van der Waals surface area (Å²) in [7, 11) is 1.20. The van der Waals surface area contributed by atoms with Gasteiger partial charge in [0.05, 0.1) is 18.3 Å². The number of nitrogens with zero attached hydrogens (tertiary/aromatic N) is 3. The van der Waals surface area contributed by atoms with Crippen LogP contribution in [0.5, 0.6) is 0 Å². The number of fused-ring (bicyclic) bond motifs is 1. The van der Waals surface area contributed by atoms with E-state index in [0.717, 1.165) is 16.9 Å². The van der Waals surface area contributed by atoms with E-state index in [9.17, 15) is 19.2 Å². The third-order valence-corrected chi connectivity index (χ3v) is 5.35. The number of amides is 2. The van der Waals surface area contributed by atoms with Crippen LogP contribution in [0, 0.1) is 5.92 Å². The van der Waals surface area contributed by atoms with Gasteiger partial charge in [-0.25, -0.2) is 9.69 Å². The third-order valence-electron chi connectivity index (χ3n) is 5.35. The van der Waals surface area contributed by atoms with Crippen molar-refractivity contribution in [2.75, 3.05) is 12.0 Å². The second kappa shape index (κ2) is 7.42. The average Bonchev–Trinajstić information content (AvgIpc) is 3.18. The Kier molecular flexibility index (Phi) is 5.30. The number of anilines is 1. The number of Topliss-reactive ketones (excluding diaryl/α,β-unsaturated/α-hetero) is 1. The van der Waals surface area contributed by atoms with Crippen molar-refractivity contribution in [3.05, 3.63) is 29.8 Å². The van der Waals surface area contributed by atoms with Gasteiger partial charge in [-0.3, -0.25) is 19.4 Å². The molecule has 3 rings (SSSR count). The van der Waals surface area contributed by atoms with Crippen molar-refractivity contribution in [1.29, 1.82) is 0 Å². The minimum atomic E-state index is -1.06. The van der Waals surface area contributed by atoms with Gasteiger partial charge in [0.1, 0.15) is 17.7 Å². The molecule has 0 N–H and O–H groups in total. The lowest BCUT2D eigenvalue weighted by atomic mass is 9.92. The van der Waals surface area contributed by atoms with Crippen molar-refractivity contribution >= 4 is 35.0 Å². The van der Waals surface area contributed by atoms with Crippen LogP contribution in [0.2, 0.25) is 0 Å². The van der Waals surface area contributed by atoms with Crippen LogP contribution in [0.1, 0.15) is 39.7 Å². The van der Waals surface area contributed by atoms with Crippen LogP contribution < -0.4 is 4.90 Å². The van der Waals surface area contributed by atoms with Crippen molar-refractivity contribution < 1.29 is 23.9 Å². The largest absolute Gasteiger partial charge is 0.464 e. The highest BCUT2D eigenvalue weighted by molar-refractivity contribution is 6.46. The summed E-state index contributed by atoms with van der Waals surface area (Å²) in [4.78, 5) is 51.7. The molecule has 0 unspecified atom stereocenters. The quantitative estimate of drug-likeness (QED) is 0.534. The van der Waals surface area contributed by atoms with Crippen LogP contribution in [-0.2, 0) is 30.3 Å². The van der Waals surface area contributed by atoms with Gasteiger partial charge in [0, 0.05) is 6.42 Å². The molecular formula is C21H25N3O5. The molecule has 2 aliphatic rings. The Balaban J connectivity index is 2.05. The highest BCUT2D eigenvalue weighted by atomic mass is 16.5. The summed E-state index contributed by atoms with van der Waals surface area (Å²) in [6.07, 6.45) is 0.945. The summed E-state index contributed by atoms with van der Waals surface area (Å²) < 4.78 is 4.79. The Morgan fingerprint density at radius 2 is 1.76 bits per heavy atom. The number of imide groups is 1. The number of aryl methyl sites for hydroxylation is 1. The second-order valence-electron chi connectivity index (χ2n) is 7.97. The minimum absolute atomic E-state index is 0.0861. The topological polar surface area (TPSA) is 96.3 Å². The molecule has 1 fully saturated rings. The van der Waals surface area contributed by atoms with E-state index in [2.05, 4.69) is 5.10 Å². The first kappa shape index (κ1) is 20.7. The van der Waals surface area contributed by atoms with Crippen molar-refractivity contribution in [2.24, 2.45) is 11.0 Å². The summed E-state index contributed by atoms with van der Waals surface area (Å²) in [5, 5.41) is 5.70. The Bertz CT molecular complexity index is 903. The summed E-state index contributed by atoms with van der Waals surface area (Å²) in [6.45, 7) is 6.97. The van der Waals surface area contributed by atoms with Gasteiger partial charge in [0.25, 0.3) is 5.91 Å². The van der Waals surface area contributed by atoms with Gasteiger partial charge < -0.3 is 4.74 Å². The number of carbonyl (C=O) groups excluding carboxylic acids is 4. The SMILES string of the molecule is CCc1ccc(N2C(=O)[C@H]3C(C(=O)OC)=NN(C(C)(C)CC(C)=O)[C@@H]3C2=O)cc1. The fraction of sp³-hybridized carbons (Fsp3) is 0.476. The van der Waals surface area contributed by atoms with Gasteiger partial charge in [-0.05, 0) is 44.9 Å². The number of benzene rings is 1. The number of methoxy groups -OCH3 is 1. The minimum Gasteiger partial charge on any atom is -0.464 e. The highest BCUT2D eigenvalue weighted by Crippen LogP contribution is 2.39. The molecule has 2 heterocycles. The number of hydrogen-bond donors (Lipinski definition) is 0. The number of hydrogen-bond acceptors (Lipinski definition) is 7. The van der Waals surface area contributed by atoms with Gasteiger partial charge in [0.15, 0.2) is 5.71 Å². The first-order valence-corrected chi connectivity index (χ1v) is 9.54. The molecule has 1 aromatic rings. The fourth-order valence-corrected chi connectivity index (χ4v) is 4.02. The number of carbonyl (C=O) groups is 4. The summed E-state index contributed by atoms with van der Waals surface area (Å²) in [5.74, 6) is -2.90. The molecule has 2 amide bonds. The van der Waals surface area contributed by atoms with E-state index in [4.69, 9.17) is 4.74 Å². The van der Waals surface area contributed by atoms with Crippen molar-refractivity contribution in [2.45, 2.75) is 52.1 Å². The lowest BCUT2D eigenvalue weighted by Crippen LogP contribution is -2.50. The van der Waals surface area contributed by atoms with E-state index >= 15 is 0 Å². The Hall–Kier alpha value is -3.03. The van der Waals surface area contributed by atoms with E-state index in [1.165, 1.54) is 19.0 Å². The predicted molar refractivity (Wildman–Crippen MR) is 106 cm³/mol. The smallest absolute Gasteiger partial charge is 0.355 e. The van der Waals surface area contributed by atoms with Gasteiger partial charge in [-0.2, -0.15) is 5.10 Å². The van der Waals surface area contributed by atoms with Crippen molar-refractivity contribution in [3.8, 4) is 0 Å². The van der Waals surface area contributed by atoms with Crippen LogP contribution in [0.25, 0.3) is 0 Å². The first-order valence-electron chi connectivity index (χ1n) is 9.54. The van der Waals surface area contributed by atoms with E-state index in [1.54, 1.807) is 26.0 Å². The summed E-state index contributed by atoms with van der Waals surface area (Å²) >= 11 is 0. The standard InChI is InChI=1S/C21H25N3O5/c1-6-13-7-9-14(10-8-13)23-18(26)15-16(20(28)29-5)22-24(17(15)19(23)27)21(3,4)11-12(2)25/h7-10,15,17H,6,11H2,1-5H3/t15-,17-/m0/s1. The van der Waals surface area contributed by atoms with Crippen LogP contribution in [0.15, 0.2) is 29.4 Å². The van der Waals surface area contributed by atoms with Crippen LogP contribution in [0.4, 0.5) is 5.69 Å². The molecular weight excluding hydrogens is 374 g/mol. The molecule has 0 aromatic heterocycles. The molecule has 29 heavy (non-hydrogen) atoms. The molecule has 0 aliphatic carbocycles. The molecule has 0 radical (unpaired) electrons. The molecule has 0 bridgehead atoms. The molecule has 8 nitrogen and oxygen atoms in total. The van der Waals surface area contributed by atoms with E-state index in [-0.39, 0.29) is 17.9 Å². The molecule has 2 aliphatic heterocycles. The van der Waals surface area contributed by atoms with E-state index < -0.39 is 35.3 Å². The zero-order chi connectivity index (χ0) is 21.5. The van der Waals surface area contributed by atoms with E-state index in [0.29, 0.717) is 5.69 Å². The molecule has 1 aromatic carbocycles.